The zero-order valence-corrected chi connectivity index (χ0v) is 18.5. The first-order valence-electron chi connectivity index (χ1n) is 10.2. The number of thioether (sulfide) groups is 1. The van der Waals surface area contributed by atoms with Gasteiger partial charge in [-0.2, -0.15) is 11.8 Å². The standard InChI is InChI=1S/C23H22ClN3O3S/c1-31-11-10-17-18-19(23(26-17)14-7-3-5-9-16(14)25-22(23)30)21(29)27(20(18)28)12-13-6-2-4-8-15(13)24/h2-9,17-19,26H,10-12H2,1H3,(H,25,30)/t17?,18-,19+,23?/m1/s1. The summed E-state index contributed by atoms with van der Waals surface area (Å²) in [6.07, 6.45) is 2.70. The number of carbonyl (C=O) groups is 3. The minimum atomic E-state index is -1.23. The van der Waals surface area contributed by atoms with Gasteiger partial charge in [0.2, 0.25) is 17.7 Å². The number of carbonyl (C=O) groups excluding carboxylic acids is 3. The molecule has 2 saturated heterocycles. The molecule has 31 heavy (non-hydrogen) atoms. The lowest BCUT2D eigenvalue weighted by atomic mass is 9.76. The first kappa shape index (κ1) is 20.5. The van der Waals surface area contributed by atoms with Gasteiger partial charge in [0.25, 0.3) is 0 Å². The lowest BCUT2D eigenvalue weighted by molar-refractivity contribution is -0.143. The van der Waals surface area contributed by atoms with E-state index in [1.165, 1.54) is 4.90 Å². The predicted octanol–water partition coefficient (Wildman–Crippen LogP) is 3.01. The molecule has 0 bridgehead atoms. The summed E-state index contributed by atoms with van der Waals surface area (Å²) in [5, 5.41) is 6.87. The van der Waals surface area contributed by atoms with Crippen molar-refractivity contribution < 1.29 is 14.4 Å². The molecular formula is C23H22ClN3O3S. The average molecular weight is 456 g/mol. The van der Waals surface area contributed by atoms with E-state index in [1.807, 2.05) is 48.7 Å². The summed E-state index contributed by atoms with van der Waals surface area (Å²) in [7, 11) is 0. The molecule has 8 heteroatoms. The van der Waals surface area contributed by atoms with Crippen LogP contribution in [0.3, 0.4) is 0 Å². The van der Waals surface area contributed by atoms with E-state index in [-0.39, 0.29) is 30.3 Å². The summed E-state index contributed by atoms with van der Waals surface area (Å²) in [5.41, 5.74) is 0.910. The molecule has 2 fully saturated rings. The fourth-order valence-electron chi connectivity index (χ4n) is 5.26. The highest BCUT2D eigenvalue weighted by molar-refractivity contribution is 7.98. The Morgan fingerprint density at radius 1 is 1.06 bits per heavy atom. The number of imide groups is 1. The van der Waals surface area contributed by atoms with Gasteiger partial charge in [0.1, 0.15) is 5.54 Å². The van der Waals surface area contributed by atoms with Crippen molar-refractivity contribution in [3.05, 3.63) is 64.7 Å². The van der Waals surface area contributed by atoms with Gasteiger partial charge in [-0.1, -0.05) is 48.0 Å². The van der Waals surface area contributed by atoms with Crippen molar-refractivity contribution in [3.63, 3.8) is 0 Å². The normalized spacial score (nSPS) is 28.9. The number of halogens is 1. The summed E-state index contributed by atoms with van der Waals surface area (Å²) in [4.78, 5) is 41.8. The van der Waals surface area contributed by atoms with Crippen LogP contribution in [0.5, 0.6) is 0 Å². The highest BCUT2D eigenvalue weighted by Crippen LogP contribution is 2.53. The zero-order valence-electron chi connectivity index (χ0n) is 16.9. The van der Waals surface area contributed by atoms with Gasteiger partial charge in [-0.15, -0.1) is 0 Å². The number of hydrogen-bond acceptors (Lipinski definition) is 5. The topological polar surface area (TPSA) is 78.5 Å². The van der Waals surface area contributed by atoms with E-state index in [0.717, 1.165) is 11.3 Å². The van der Waals surface area contributed by atoms with Crippen LogP contribution >= 0.6 is 23.4 Å². The molecule has 4 atom stereocenters. The third kappa shape index (κ3) is 2.94. The number of nitrogens with one attached hydrogen (secondary N) is 2. The van der Waals surface area contributed by atoms with Crippen LogP contribution in [0.15, 0.2) is 48.5 Å². The van der Waals surface area contributed by atoms with E-state index < -0.39 is 17.4 Å². The largest absolute Gasteiger partial charge is 0.324 e. The van der Waals surface area contributed by atoms with E-state index in [9.17, 15) is 14.4 Å². The number of likely N-dealkylation sites (tertiary alicyclic amines) is 1. The Labute approximate surface area is 189 Å². The Morgan fingerprint density at radius 2 is 1.81 bits per heavy atom. The quantitative estimate of drug-likeness (QED) is 0.677. The Kier molecular flexibility index (Phi) is 5.07. The van der Waals surface area contributed by atoms with Gasteiger partial charge >= 0.3 is 0 Å². The Hall–Kier alpha value is -2.35. The number of anilines is 1. The van der Waals surface area contributed by atoms with E-state index >= 15 is 0 Å². The number of hydrogen-bond donors (Lipinski definition) is 2. The maximum Gasteiger partial charge on any atom is 0.250 e. The minimum Gasteiger partial charge on any atom is -0.324 e. The molecular weight excluding hydrogens is 434 g/mol. The third-order valence-electron chi connectivity index (χ3n) is 6.63. The Bertz CT molecular complexity index is 1090. The monoisotopic (exact) mass is 455 g/mol. The molecule has 3 aliphatic heterocycles. The predicted molar refractivity (Wildman–Crippen MR) is 121 cm³/mol. The van der Waals surface area contributed by atoms with Gasteiger partial charge in [-0.25, -0.2) is 0 Å². The minimum absolute atomic E-state index is 0.110. The second-order valence-corrected chi connectivity index (χ2v) is 9.59. The number of fused-ring (bicyclic) bond motifs is 4. The molecule has 0 aromatic heterocycles. The van der Waals surface area contributed by atoms with E-state index in [2.05, 4.69) is 10.6 Å². The van der Waals surface area contributed by atoms with Crippen molar-refractivity contribution in [2.45, 2.75) is 24.5 Å². The van der Waals surface area contributed by atoms with Gasteiger partial charge in [0, 0.05) is 22.3 Å². The number of benzene rings is 2. The molecule has 3 heterocycles. The molecule has 2 aromatic rings. The molecule has 2 aromatic carbocycles. The number of rotatable bonds is 5. The van der Waals surface area contributed by atoms with Crippen molar-refractivity contribution in [1.29, 1.82) is 0 Å². The highest BCUT2D eigenvalue weighted by atomic mass is 35.5. The molecule has 0 saturated carbocycles. The van der Waals surface area contributed by atoms with Crippen LogP contribution in [0.1, 0.15) is 17.5 Å². The Balaban J connectivity index is 1.58. The first-order chi connectivity index (χ1) is 15.0. The van der Waals surface area contributed by atoms with Gasteiger partial charge in [-0.3, -0.25) is 24.6 Å². The lowest BCUT2D eigenvalue weighted by Gasteiger charge is -2.29. The molecule has 0 radical (unpaired) electrons. The molecule has 2 N–H and O–H groups in total. The third-order valence-corrected chi connectivity index (χ3v) is 7.65. The second-order valence-electron chi connectivity index (χ2n) is 8.20. The van der Waals surface area contributed by atoms with Crippen LogP contribution in [-0.4, -0.2) is 40.7 Å². The van der Waals surface area contributed by atoms with Crippen molar-refractivity contribution in [3.8, 4) is 0 Å². The summed E-state index contributed by atoms with van der Waals surface area (Å²) in [6.45, 7) is 0.110. The maximum absolute atomic E-state index is 13.7. The molecule has 3 amide bonds. The number of amides is 3. The SMILES string of the molecule is CSCCC1NC2(C(=O)Nc3ccccc32)[C@@H]2C(=O)N(Cc3ccccc3Cl)C(=O)[C@H]12. The zero-order chi connectivity index (χ0) is 21.8. The highest BCUT2D eigenvalue weighted by Gasteiger charge is 2.70. The summed E-state index contributed by atoms with van der Waals surface area (Å²) >= 11 is 7.98. The number of nitrogens with zero attached hydrogens (tertiary/aromatic N) is 1. The van der Waals surface area contributed by atoms with Gasteiger partial charge in [-0.05, 0) is 36.1 Å². The summed E-state index contributed by atoms with van der Waals surface area (Å²) in [5.74, 6) is -1.36. The second kappa shape index (κ2) is 7.65. The maximum atomic E-state index is 13.7. The average Bonchev–Trinajstić information content (AvgIpc) is 3.34. The number of para-hydroxylation sites is 1. The first-order valence-corrected chi connectivity index (χ1v) is 12.0. The summed E-state index contributed by atoms with van der Waals surface area (Å²) < 4.78 is 0. The van der Waals surface area contributed by atoms with Crippen LogP contribution in [-0.2, 0) is 26.5 Å². The van der Waals surface area contributed by atoms with E-state index in [0.29, 0.717) is 22.7 Å². The van der Waals surface area contributed by atoms with E-state index in [4.69, 9.17) is 11.6 Å². The van der Waals surface area contributed by atoms with Gasteiger partial charge in [0.15, 0.2) is 0 Å². The molecule has 3 aliphatic rings. The van der Waals surface area contributed by atoms with Crippen LogP contribution in [0, 0.1) is 11.8 Å². The molecule has 5 rings (SSSR count). The van der Waals surface area contributed by atoms with Crippen molar-refractivity contribution >= 4 is 46.8 Å². The van der Waals surface area contributed by atoms with Crippen molar-refractivity contribution in [2.75, 3.05) is 17.3 Å². The Morgan fingerprint density at radius 3 is 2.58 bits per heavy atom. The molecule has 1 spiro atoms. The van der Waals surface area contributed by atoms with Crippen molar-refractivity contribution in [2.24, 2.45) is 11.8 Å². The van der Waals surface area contributed by atoms with Crippen LogP contribution in [0.25, 0.3) is 0 Å². The molecule has 2 unspecified atom stereocenters. The molecule has 160 valence electrons. The lowest BCUT2D eigenvalue weighted by Crippen LogP contribution is -2.53. The smallest absolute Gasteiger partial charge is 0.250 e. The van der Waals surface area contributed by atoms with Crippen molar-refractivity contribution in [1.82, 2.24) is 10.2 Å². The van der Waals surface area contributed by atoms with E-state index in [1.54, 1.807) is 17.8 Å². The fourth-order valence-corrected chi connectivity index (χ4v) is 5.95. The molecule has 6 nitrogen and oxygen atoms in total. The fraction of sp³-hybridized carbons (Fsp3) is 0.348. The van der Waals surface area contributed by atoms with Crippen LogP contribution < -0.4 is 10.6 Å². The van der Waals surface area contributed by atoms with Gasteiger partial charge in [0.05, 0.1) is 18.4 Å². The van der Waals surface area contributed by atoms with Gasteiger partial charge < -0.3 is 5.32 Å². The van der Waals surface area contributed by atoms with Crippen LogP contribution in [0.2, 0.25) is 5.02 Å². The summed E-state index contributed by atoms with van der Waals surface area (Å²) in [6, 6.07) is 14.3. The molecule has 0 aliphatic carbocycles. The van der Waals surface area contributed by atoms with Crippen LogP contribution in [0.4, 0.5) is 5.69 Å².